The molecule has 144 valence electrons. The Bertz CT molecular complexity index is 577. The fourth-order valence-corrected chi connectivity index (χ4v) is 2.86. The van der Waals surface area contributed by atoms with E-state index in [4.69, 9.17) is 0 Å². The quantitative estimate of drug-likeness (QED) is 0.602. The van der Waals surface area contributed by atoms with Gasteiger partial charge in [0.25, 0.3) is 0 Å². The molecule has 1 aliphatic heterocycles. The molecule has 1 fully saturated rings. The van der Waals surface area contributed by atoms with Crippen molar-refractivity contribution in [3.05, 3.63) is 30.3 Å². The third kappa shape index (κ3) is 6.58. The first-order chi connectivity index (χ1) is 12.5. The summed E-state index contributed by atoms with van der Waals surface area (Å²) < 4.78 is 0. The molecule has 0 atom stereocenters. The van der Waals surface area contributed by atoms with Gasteiger partial charge in [-0.25, -0.2) is 4.99 Å². The van der Waals surface area contributed by atoms with E-state index in [1.54, 1.807) is 19.0 Å². The van der Waals surface area contributed by atoms with Crippen LogP contribution < -0.4 is 15.5 Å². The summed E-state index contributed by atoms with van der Waals surface area (Å²) in [7, 11) is 3.51. The number of rotatable bonds is 6. The molecule has 6 heteroatoms. The van der Waals surface area contributed by atoms with Crippen LogP contribution in [0.4, 0.5) is 5.69 Å². The number of anilines is 1. The van der Waals surface area contributed by atoms with Gasteiger partial charge in [-0.2, -0.15) is 0 Å². The van der Waals surface area contributed by atoms with E-state index < -0.39 is 0 Å². The van der Waals surface area contributed by atoms with Crippen molar-refractivity contribution >= 4 is 17.6 Å². The standard InChI is InChI=1S/C20H33N5O/c1-16(2)14-21-20(22-15-19(26)24(3)4)23-17-10-12-25(13-11-17)18-8-6-5-7-9-18/h5-9,16-17H,10-15H2,1-4H3,(H2,21,22,23). The van der Waals surface area contributed by atoms with Gasteiger partial charge in [-0.15, -0.1) is 0 Å². The van der Waals surface area contributed by atoms with Crippen LogP contribution in [0.15, 0.2) is 35.3 Å². The lowest BCUT2D eigenvalue weighted by Gasteiger charge is -2.34. The second-order valence-electron chi connectivity index (χ2n) is 7.47. The van der Waals surface area contributed by atoms with Gasteiger partial charge in [0.2, 0.25) is 5.91 Å². The summed E-state index contributed by atoms with van der Waals surface area (Å²) in [6.07, 6.45) is 2.11. The molecule has 1 saturated heterocycles. The summed E-state index contributed by atoms with van der Waals surface area (Å²) in [5, 5.41) is 6.88. The van der Waals surface area contributed by atoms with Gasteiger partial charge in [0, 0.05) is 45.5 Å². The Hall–Kier alpha value is -2.24. The fraction of sp³-hybridized carbons (Fsp3) is 0.600. The third-order valence-electron chi connectivity index (χ3n) is 4.51. The van der Waals surface area contributed by atoms with E-state index in [2.05, 4.69) is 64.7 Å². The van der Waals surface area contributed by atoms with E-state index in [0.717, 1.165) is 38.4 Å². The van der Waals surface area contributed by atoms with Crippen molar-refractivity contribution in [3.63, 3.8) is 0 Å². The molecule has 1 aromatic carbocycles. The second-order valence-corrected chi connectivity index (χ2v) is 7.47. The molecule has 1 aliphatic rings. The van der Waals surface area contributed by atoms with E-state index in [0.29, 0.717) is 12.0 Å². The molecule has 1 heterocycles. The lowest BCUT2D eigenvalue weighted by Crippen LogP contribution is -2.49. The van der Waals surface area contributed by atoms with Crippen LogP contribution >= 0.6 is 0 Å². The number of carbonyl (C=O) groups excluding carboxylic acids is 1. The maximum Gasteiger partial charge on any atom is 0.243 e. The van der Waals surface area contributed by atoms with Crippen LogP contribution in [0, 0.1) is 5.92 Å². The van der Waals surface area contributed by atoms with E-state index >= 15 is 0 Å². The highest BCUT2D eigenvalue weighted by Gasteiger charge is 2.20. The third-order valence-corrected chi connectivity index (χ3v) is 4.51. The van der Waals surface area contributed by atoms with Crippen molar-refractivity contribution in [1.82, 2.24) is 15.5 Å². The van der Waals surface area contributed by atoms with Crippen LogP contribution in [0.5, 0.6) is 0 Å². The zero-order valence-electron chi connectivity index (χ0n) is 16.5. The van der Waals surface area contributed by atoms with Gasteiger partial charge < -0.3 is 20.4 Å². The molecular formula is C20H33N5O. The number of nitrogens with one attached hydrogen (secondary N) is 2. The molecule has 26 heavy (non-hydrogen) atoms. The number of nitrogens with zero attached hydrogens (tertiary/aromatic N) is 3. The summed E-state index contributed by atoms with van der Waals surface area (Å²) in [5.74, 6) is 1.27. The number of guanidine groups is 1. The Morgan fingerprint density at radius 2 is 1.88 bits per heavy atom. The van der Waals surface area contributed by atoms with Crippen LogP contribution in [0.2, 0.25) is 0 Å². The van der Waals surface area contributed by atoms with Gasteiger partial charge in [-0.3, -0.25) is 4.79 Å². The Morgan fingerprint density at radius 3 is 2.46 bits per heavy atom. The van der Waals surface area contributed by atoms with E-state index in [1.807, 2.05) is 0 Å². The van der Waals surface area contributed by atoms with Crippen molar-refractivity contribution in [3.8, 4) is 0 Å². The summed E-state index contributed by atoms with van der Waals surface area (Å²) in [6.45, 7) is 7.38. The smallest absolute Gasteiger partial charge is 0.243 e. The second kappa shape index (κ2) is 10.0. The average Bonchev–Trinajstić information content (AvgIpc) is 2.64. The first-order valence-electron chi connectivity index (χ1n) is 9.50. The average molecular weight is 360 g/mol. The van der Waals surface area contributed by atoms with E-state index in [-0.39, 0.29) is 12.5 Å². The molecule has 0 bridgehead atoms. The molecule has 0 aliphatic carbocycles. The predicted molar refractivity (Wildman–Crippen MR) is 109 cm³/mol. The summed E-state index contributed by atoms with van der Waals surface area (Å²) in [5.41, 5.74) is 1.29. The maximum absolute atomic E-state index is 11.8. The number of hydrogen-bond donors (Lipinski definition) is 2. The fourth-order valence-electron chi connectivity index (χ4n) is 2.86. The lowest BCUT2D eigenvalue weighted by atomic mass is 10.0. The lowest BCUT2D eigenvalue weighted by molar-refractivity contribution is -0.127. The first kappa shape index (κ1) is 20.1. The largest absolute Gasteiger partial charge is 0.371 e. The van der Waals surface area contributed by atoms with Crippen molar-refractivity contribution in [2.24, 2.45) is 10.9 Å². The molecule has 6 nitrogen and oxygen atoms in total. The Labute approximate surface area is 157 Å². The number of para-hydroxylation sites is 1. The molecule has 0 saturated carbocycles. The normalized spacial score (nSPS) is 15.9. The highest BCUT2D eigenvalue weighted by molar-refractivity contribution is 5.85. The summed E-state index contributed by atoms with van der Waals surface area (Å²) >= 11 is 0. The van der Waals surface area contributed by atoms with E-state index in [9.17, 15) is 4.79 Å². The number of carbonyl (C=O) groups is 1. The van der Waals surface area contributed by atoms with Crippen LogP contribution in [0.25, 0.3) is 0 Å². The number of aliphatic imine (C=N–C) groups is 1. The minimum absolute atomic E-state index is 0.00884. The van der Waals surface area contributed by atoms with Crippen LogP contribution in [-0.2, 0) is 4.79 Å². The Kier molecular flexibility index (Phi) is 7.75. The summed E-state index contributed by atoms with van der Waals surface area (Å²) in [4.78, 5) is 20.3. The van der Waals surface area contributed by atoms with Gasteiger partial charge in [0.05, 0.1) is 0 Å². The number of hydrogen-bond acceptors (Lipinski definition) is 3. The zero-order valence-corrected chi connectivity index (χ0v) is 16.5. The van der Waals surface area contributed by atoms with Gasteiger partial charge >= 0.3 is 0 Å². The minimum atomic E-state index is 0.00884. The molecule has 0 radical (unpaired) electrons. The maximum atomic E-state index is 11.8. The number of piperidine rings is 1. The zero-order chi connectivity index (χ0) is 18.9. The van der Waals surface area contributed by atoms with Gasteiger partial charge in [-0.05, 0) is 30.9 Å². The highest BCUT2D eigenvalue weighted by Crippen LogP contribution is 2.19. The number of benzene rings is 1. The van der Waals surface area contributed by atoms with Gasteiger partial charge in [0.1, 0.15) is 6.54 Å². The molecular weight excluding hydrogens is 326 g/mol. The SMILES string of the molecule is CC(C)CNC(=NCC(=O)N(C)C)NC1CCN(c2ccccc2)CC1. The molecule has 1 amide bonds. The van der Waals surface area contributed by atoms with Crippen LogP contribution in [0.3, 0.4) is 0 Å². The monoisotopic (exact) mass is 359 g/mol. The van der Waals surface area contributed by atoms with Crippen molar-refractivity contribution in [2.75, 3.05) is 45.2 Å². The first-order valence-corrected chi connectivity index (χ1v) is 9.50. The van der Waals surface area contributed by atoms with Crippen LogP contribution in [0.1, 0.15) is 26.7 Å². The van der Waals surface area contributed by atoms with Crippen molar-refractivity contribution < 1.29 is 4.79 Å². The molecule has 1 aromatic rings. The molecule has 0 aromatic heterocycles. The molecule has 0 spiro atoms. The molecule has 0 unspecified atom stereocenters. The Balaban J connectivity index is 1.89. The van der Waals surface area contributed by atoms with Crippen molar-refractivity contribution in [1.29, 1.82) is 0 Å². The van der Waals surface area contributed by atoms with Crippen molar-refractivity contribution in [2.45, 2.75) is 32.7 Å². The highest BCUT2D eigenvalue weighted by atomic mass is 16.2. The van der Waals surface area contributed by atoms with E-state index in [1.165, 1.54) is 5.69 Å². The molecule has 2 rings (SSSR count). The van der Waals surface area contributed by atoms with Crippen LogP contribution in [-0.4, -0.2) is 63.1 Å². The van der Waals surface area contributed by atoms with Gasteiger partial charge in [-0.1, -0.05) is 32.0 Å². The summed E-state index contributed by atoms with van der Waals surface area (Å²) in [6, 6.07) is 10.9. The molecule has 2 N–H and O–H groups in total. The topological polar surface area (TPSA) is 60.0 Å². The van der Waals surface area contributed by atoms with Gasteiger partial charge in [0.15, 0.2) is 5.96 Å². The number of amides is 1. The predicted octanol–water partition coefficient (Wildman–Crippen LogP) is 1.93. The Morgan fingerprint density at radius 1 is 1.23 bits per heavy atom. The number of likely N-dealkylation sites (N-methyl/N-ethyl adjacent to an activating group) is 1. The minimum Gasteiger partial charge on any atom is -0.371 e.